The number of hydrogen-bond acceptors (Lipinski definition) is 4. The van der Waals surface area contributed by atoms with E-state index < -0.39 is 0 Å². The summed E-state index contributed by atoms with van der Waals surface area (Å²) in [5.74, 6) is 0. The van der Waals surface area contributed by atoms with Gasteiger partial charge in [0.05, 0.1) is 12.9 Å². The Hall–Kier alpha value is -2.79. The molecule has 0 radical (unpaired) electrons. The minimum Gasteiger partial charge on any atom is -0.388 e. The third kappa shape index (κ3) is 4.06. The quantitative estimate of drug-likeness (QED) is 0.454. The first-order valence-electron chi connectivity index (χ1n) is 4.86. The minimum atomic E-state index is -0.154. The minimum absolute atomic E-state index is 0.00399. The molecular formula is C12H11N5. The number of nitrogens with zero attached hydrogens (tertiary/aromatic N) is 3. The van der Waals surface area contributed by atoms with Crippen LogP contribution in [-0.4, -0.2) is 6.34 Å². The van der Waals surface area contributed by atoms with E-state index in [0.29, 0.717) is 6.54 Å². The Morgan fingerprint density at radius 1 is 1.29 bits per heavy atom. The van der Waals surface area contributed by atoms with Crippen molar-refractivity contribution in [2.45, 2.75) is 6.54 Å². The highest BCUT2D eigenvalue weighted by Gasteiger charge is 1.98. The first-order valence-corrected chi connectivity index (χ1v) is 4.86. The second-order valence-corrected chi connectivity index (χ2v) is 3.11. The number of rotatable bonds is 4. The fourth-order valence-electron chi connectivity index (χ4n) is 1.07. The van der Waals surface area contributed by atoms with Gasteiger partial charge in [-0.1, -0.05) is 30.3 Å². The number of aliphatic imine (C=N–C) groups is 1. The molecule has 0 saturated heterocycles. The fraction of sp³-hybridized carbons (Fsp3) is 0.0833. The maximum atomic E-state index is 8.68. The van der Waals surface area contributed by atoms with E-state index in [1.165, 1.54) is 6.34 Å². The summed E-state index contributed by atoms with van der Waals surface area (Å²) in [6.07, 6.45) is 1.36. The average Bonchev–Trinajstić information content (AvgIpc) is 2.39. The molecule has 0 atom stereocenters. The predicted molar refractivity (Wildman–Crippen MR) is 64.2 cm³/mol. The molecule has 0 fully saturated rings. The monoisotopic (exact) mass is 225 g/mol. The standard InChI is InChI=1S/C12H11N5/c13-6-11(15)12(7-14)17-9-16-8-10-4-2-1-3-5-10/h1-5,9H,8,15H2,(H,16,17)/b12-11+. The van der Waals surface area contributed by atoms with Crippen molar-refractivity contribution in [2.75, 3.05) is 0 Å². The zero-order chi connectivity index (χ0) is 12.5. The second-order valence-electron chi connectivity index (χ2n) is 3.11. The lowest BCUT2D eigenvalue weighted by Crippen LogP contribution is -2.15. The van der Waals surface area contributed by atoms with Crippen LogP contribution in [0.5, 0.6) is 0 Å². The first-order chi connectivity index (χ1) is 8.27. The van der Waals surface area contributed by atoms with Crippen LogP contribution in [-0.2, 0) is 6.54 Å². The van der Waals surface area contributed by atoms with Gasteiger partial charge in [-0.15, -0.1) is 0 Å². The maximum absolute atomic E-state index is 8.68. The third-order valence-corrected chi connectivity index (χ3v) is 1.92. The molecule has 0 unspecified atom stereocenters. The van der Waals surface area contributed by atoms with Crippen molar-refractivity contribution in [3.8, 4) is 12.1 Å². The van der Waals surface area contributed by atoms with Crippen molar-refractivity contribution in [1.82, 2.24) is 5.32 Å². The van der Waals surface area contributed by atoms with Crippen LogP contribution >= 0.6 is 0 Å². The van der Waals surface area contributed by atoms with E-state index in [4.69, 9.17) is 16.3 Å². The topological polar surface area (TPSA) is 98.0 Å². The Morgan fingerprint density at radius 2 is 2.00 bits per heavy atom. The largest absolute Gasteiger partial charge is 0.388 e. The van der Waals surface area contributed by atoms with Crippen LogP contribution in [0.2, 0.25) is 0 Å². The fourth-order valence-corrected chi connectivity index (χ4v) is 1.07. The molecule has 0 aliphatic heterocycles. The van der Waals surface area contributed by atoms with Crippen LogP contribution < -0.4 is 11.1 Å². The number of nitrogens with one attached hydrogen (secondary N) is 1. The van der Waals surface area contributed by atoms with E-state index in [2.05, 4.69) is 10.3 Å². The number of nitriles is 2. The van der Waals surface area contributed by atoms with E-state index in [9.17, 15) is 0 Å². The Bertz CT molecular complexity index is 502. The smallest absolute Gasteiger partial charge is 0.152 e. The molecule has 0 amide bonds. The molecule has 5 heteroatoms. The van der Waals surface area contributed by atoms with Gasteiger partial charge >= 0.3 is 0 Å². The van der Waals surface area contributed by atoms with Gasteiger partial charge < -0.3 is 11.1 Å². The van der Waals surface area contributed by atoms with Gasteiger partial charge in [-0.3, -0.25) is 4.99 Å². The van der Waals surface area contributed by atoms with Crippen LogP contribution in [0.25, 0.3) is 0 Å². The Labute approximate surface area is 99.5 Å². The van der Waals surface area contributed by atoms with Crippen LogP contribution in [0.15, 0.2) is 46.7 Å². The lowest BCUT2D eigenvalue weighted by molar-refractivity contribution is 1.04. The molecule has 17 heavy (non-hydrogen) atoms. The summed E-state index contributed by atoms with van der Waals surface area (Å²) in [5.41, 5.74) is 6.20. The van der Waals surface area contributed by atoms with E-state index in [1.54, 1.807) is 12.1 Å². The molecule has 0 aliphatic rings. The van der Waals surface area contributed by atoms with Crippen LogP contribution in [0.4, 0.5) is 0 Å². The Kier molecular flexibility index (Phi) is 4.80. The van der Waals surface area contributed by atoms with Gasteiger partial charge in [-0.25, -0.2) is 0 Å². The summed E-state index contributed by atoms with van der Waals surface area (Å²) in [4.78, 5) is 4.06. The van der Waals surface area contributed by atoms with E-state index in [1.807, 2.05) is 30.3 Å². The van der Waals surface area contributed by atoms with Crippen molar-refractivity contribution >= 4 is 6.34 Å². The van der Waals surface area contributed by atoms with Crippen molar-refractivity contribution in [1.29, 1.82) is 10.5 Å². The molecule has 84 valence electrons. The van der Waals surface area contributed by atoms with Crippen LogP contribution in [0.3, 0.4) is 0 Å². The summed E-state index contributed by atoms with van der Waals surface area (Å²) in [6.45, 7) is 0.499. The average molecular weight is 225 g/mol. The molecule has 0 spiro atoms. The third-order valence-electron chi connectivity index (χ3n) is 1.92. The summed E-state index contributed by atoms with van der Waals surface area (Å²) in [7, 11) is 0. The van der Waals surface area contributed by atoms with Gasteiger partial charge in [0, 0.05) is 0 Å². The van der Waals surface area contributed by atoms with Gasteiger partial charge in [0.15, 0.2) is 5.70 Å². The van der Waals surface area contributed by atoms with Gasteiger partial charge in [0.25, 0.3) is 0 Å². The summed E-state index contributed by atoms with van der Waals surface area (Å²) in [6, 6.07) is 13.1. The van der Waals surface area contributed by atoms with Crippen molar-refractivity contribution in [2.24, 2.45) is 10.7 Å². The van der Waals surface area contributed by atoms with E-state index >= 15 is 0 Å². The van der Waals surface area contributed by atoms with E-state index in [-0.39, 0.29) is 11.4 Å². The summed E-state index contributed by atoms with van der Waals surface area (Å²) in [5, 5.41) is 19.8. The molecule has 5 nitrogen and oxygen atoms in total. The van der Waals surface area contributed by atoms with Gasteiger partial charge in [0.2, 0.25) is 0 Å². The molecular weight excluding hydrogens is 214 g/mol. The molecule has 0 heterocycles. The molecule has 0 saturated carbocycles. The second kappa shape index (κ2) is 6.65. The van der Waals surface area contributed by atoms with Gasteiger partial charge in [-0.2, -0.15) is 10.5 Å². The summed E-state index contributed by atoms with van der Waals surface area (Å²) < 4.78 is 0. The highest BCUT2D eigenvalue weighted by molar-refractivity contribution is 5.60. The van der Waals surface area contributed by atoms with Gasteiger partial charge in [-0.05, 0) is 5.56 Å². The molecule has 0 bridgehead atoms. The Balaban J connectivity index is 2.53. The Morgan fingerprint density at radius 3 is 2.59 bits per heavy atom. The SMILES string of the molecule is N#C/C(N)=C(/C#N)NC=NCc1ccccc1. The van der Waals surface area contributed by atoms with Gasteiger partial charge in [0.1, 0.15) is 17.8 Å². The zero-order valence-electron chi connectivity index (χ0n) is 9.09. The van der Waals surface area contributed by atoms with Crippen LogP contribution in [0.1, 0.15) is 5.56 Å². The predicted octanol–water partition coefficient (Wildman–Crippen LogP) is 1.02. The molecule has 1 aromatic rings. The first kappa shape index (κ1) is 12.3. The molecule has 3 N–H and O–H groups in total. The lowest BCUT2D eigenvalue weighted by atomic mass is 10.2. The molecule has 0 aliphatic carbocycles. The molecule has 0 aromatic heterocycles. The molecule has 1 aromatic carbocycles. The number of benzene rings is 1. The van der Waals surface area contributed by atoms with Crippen LogP contribution in [0, 0.1) is 22.7 Å². The van der Waals surface area contributed by atoms with Crippen molar-refractivity contribution in [3.63, 3.8) is 0 Å². The number of nitrogens with two attached hydrogens (primary N) is 1. The lowest BCUT2D eigenvalue weighted by Gasteiger charge is -1.98. The van der Waals surface area contributed by atoms with Crippen molar-refractivity contribution < 1.29 is 0 Å². The number of hydrogen-bond donors (Lipinski definition) is 2. The number of allylic oxidation sites excluding steroid dienone is 2. The normalized spacial score (nSPS) is 11.4. The summed E-state index contributed by atoms with van der Waals surface area (Å²) >= 11 is 0. The van der Waals surface area contributed by atoms with E-state index in [0.717, 1.165) is 5.56 Å². The highest BCUT2D eigenvalue weighted by atomic mass is 15.0. The molecule has 1 rings (SSSR count). The zero-order valence-corrected chi connectivity index (χ0v) is 9.09. The highest BCUT2D eigenvalue weighted by Crippen LogP contribution is 1.99. The van der Waals surface area contributed by atoms with Crippen molar-refractivity contribution in [3.05, 3.63) is 47.3 Å². The maximum Gasteiger partial charge on any atom is 0.152 e.